The van der Waals surface area contributed by atoms with Gasteiger partial charge in [-0.25, -0.2) is 4.98 Å². The Labute approximate surface area is 178 Å². The maximum atomic E-state index is 14.0. The standard InChI is InChI=1S/C19H18BrCl2F3N2O/c1-9(10(2)16-17(11(3)20)28-12(4)27-16)8-18(26,19(23,24)25)13-5-14(21)7-15(22)6-13/h5-7H,1,8,26H2,2-4H3/b16-10-,17-11-. The van der Waals surface area contributed by atoms with Crippen molar-refractivity contribution in [1.29, 1.82) is 0 Å². The van der Waals surface area contributed by atoms with Crippen LogP contribution < -0.4 is 16.5 Å². The van der Waals surface area contributed by atoms with Gasteiger partial charge in [-0.3, -0.25) is 0 Å². The van der Waals surface area contributed by atoms with Crippen molar-refractivity contribution in [3.05, 3.63) is 62.6 Å². The second-order valence-electron chi connectivity index (χ2n) is 6.48. The molecular weight excluding hydrogens is 480 g/mol. The highest BCUT2D eigenvalue weighted by Crippen LogP contribution is 2.43. The predicted octanol–water partition coefficient (Wildman–Crippen LogP) is 5.35. The molecule has 1 aromatic heterocycles. The maximum absolute atomic E-state index is 14.0. The van der Waals surface area contributed by atoms with E-state index in [1.807, 2.05) is 0 Å². The molecule has 152 valence electrons. The van der Waals surface area contributed by atoms with Gasteiger partial charge in [-0.05, 0) is 48.8 Å². The van der Waals surface area contributed by atoms with E-state index in [0.717, 1.165) is 12.1 Å². The van der Waals surface area contributed by atoms with E-state index in [0.29, 0.717) is 26.7 Å². The summed E-state index contributed by atoms with van der Waals surface area (Å²) in [7, 11) is 0. The van der Waals surface area contributed by atoms with Gasteiger partial charge in [0, 0.05) is 27.9 Å². The second-order valence-corrected chi connectivity index (χ2v) is 8.54. The van der Waals surface area contributed by atoms with E-state index >= 15 is 0 Å². The number of nitrogens with zero attached hydrogens (tertiary/aromatic N) is 1. The van der Waals surface area contributed by atoms with E-state index in [-0.39, 0.29) is 21.2 Å². The van der Waals surface area contributed by atoms with Crippen molar-refractivity contribution in [2.75, 3.05) is 0 Å². The van der Waals surface area contributed by atoms with Crippen LogP contribution in [0.1, 0.15) is 31.7 Å². The molecule has 1 heterocycles. The van der Waals surface area contributed by atoms with Crippen LogP contribution in [0.15, 0.2) is 34.8 Å². The number of hydrogen-bond acceptors (Lipinski definition) is 3. The summed E-state index contributed by atoms with van der Waals surface area (Å²) in [5, 5.41) is 0.532. The van der Waals surface area contributed by atoms with E-state index in [9.17, 15) is 13.2 Å². The molecule has 2 aromatic rings. The molecule has 0 radical (unpaired) electrons. The smallest absolute Gasteiger partial charge is 0.410 e. The van der Waals surface area contributed by atoms with Crippen molar-refractivity contribution < 1.29 is 17.6 Å². The Kier molecular flexibility index (Phi) is 6.76. The Morgan fingerprint density at radius 3 is 2.21 bits per heavy atom. The van der Waals surface area contributed by atoms with Crippen LogP contribution in [0.2, 0.25) is 10.0 Å². The number of benzene rings is 1. The summed E-state index contributed by atoms with van der Waals surface area (Å²) in [5.41, 5.74) is 3.94. The molecule has 2 rings (SSSR count). The molecule has 1 aromatic carbocycles. The Balaban J connectivity index is 2.63. The zero-order valence-corrected chi connectivity index (χ0v) is 18.4. The summed E-state index contributed by atoms with van der Waals surface area (Å²) in [5.74, 6) is 0.382. The number of halogens is 6. The van der Waals surface area contributed by atoms with Gasteiger partial charge in [0.2, 0.25) is 0 Å². The molecule has 1 unspecified atom stereocenters. The number of hydrogen-bond donors (Lipinski definition) is 1. The van der Waals surface area contributed by atoms with Crippen LogP contribution in [0.25, 0.3) is 10.1 Å². The highest BCUT2D eigenvalue weighted by Gasteiger charge is 2.53. The average molecular weight is 498 g/mol. The van der Waals surface area contributed by atoms with E-state index in [1.165, 1.54) is 6.07 Å². The molecule has 0 saturated heterocycles. The molecule has 0 fully saturated rings. The van der Waals surface area contributed by atoms with Gasteiger partial charge in [0.1, 0.15) is 10.9 Å². The van der Waals surface area contributed by atoms with Crippen LogP contribution in [0, 0.1) is 6.92 Å². The Hall–Kier alpha value is -1.28. The Morgan fingerprint density at radius 2 is 1.75 bits per heavy atom. The summed E-state index contributed by atoms with van der Waals surface area (Å²) >= 11 is 15.1. The van der Waals surface area contributed by atoms with Crippen molar-refractivity contribution in [3.63, 3.8) is 0 Å². The normalized spacial score (nSPS) is 16.5. The van der Waals surface area contributed by atoms with Crippen LogP contribution in [0.3, 0.4) is 0 Å². The summed E-state index contributed by atoms with van der Waals surface area (Å²) in [4.78, 5) is 4.27. The first-order valence-electron chi connectivity index (χ1n) is 8.07. The Morgan fingerprint density at radius 1 is 1.21 bits per heavy atom. The zero-order chi connectivity index (χ0) is 21.4. The fraction of sp³-hybridized carbons (Fsp3) is 0.316. The first-order chi connectivity index (χ1) is 12.8. The highest BCUT2D eigenvalue weighted by molar-refractivity contribution is 9.14. The van der Waals surface area contributed by atoms with Crippen LogP contribution in [-0.2, 0) is 5.54 Å². The molecular formula is C19H18BrCl2F3N2O. The third-order valence-electron chi connectivity index (χ3n) is 4.31. The first kappa shape index (κ1) is 23.0. The zero-order valence-electron chi connectivity index (χ0n) is 15.3. The van der Waals surface area contributed by atoms with Gasteiger partial charge in [0.25, 0.3) is 0 Å². The first-order valence-corrected chi connectivity index (χ1v) is 9.62. The molecule has 2 N–H and O–H groups in total. The number of rotatable bonds is 4. The van der Waals surface area contributed by atoms with Crippen molar-refractivity contribution >= 4 is 49.2 Å². The summed E-state index contributed by atoms with van der Waals surface area (Å²) in [6.07, 6.45) is -5.38. The van der Waals surface area contributed by atoms with E-state index in [1.54, 1.807) is 20.8 Å². The van der Waals surface area contributed by atoms with E-state index in [2.05, 4.69) is 27.5 Å². The third-order valence-corrected chi connectivity index (χ3v) is 5.10. The number of aryl methyl sites for hydroxylation is 1. The van der Waals surface area contributed by atoms with Crippen LogP contribution in [0.4, 0.5) is 13.2 Å². The van der Waals surface area contributed by atoms with Crippen molar-refractivity contribution in [1.82, 2.24) is 4.98 Å². The molecule has 0 bridgehead atoms. The molecule has 0 aliphatic carbocycles. The third kappa shape index (κ3) is 4.64. The number of aromatic nitrogens is 1. The van der Waals surface area contributed by atoms with Gasteiger partial charge < -0.3 is 10.2 Å². The summed E-state index contributed by atoms with van der Waals surface area (Å²) < 4.78 is 48.1. The second kappa shape index (κ2) is 8.22. The molecule has 0 aliphatic rings. The molecule has 0 saturated carbocycles. The number of nitrogens with two attached hydrogens (primary N) is 1. The topological polar surface area (TPSA) is 52.0 Å². The van der Waals surface area contributed by atoms with Gasteiger partial charge in [-0.1, -0.05) is 45.7 Å². The fourth-order valence-corrected chi connectivity index (χ4v) is 3.52. The van der Waals surface area contributed by atoms with Crippen molar-refractivity contribution in [2.45, 2.75) is 38.9 Å². The summed E-state index contributed by atoms with van der Waals surface area (Å²) in [6.45, 7) is 8.84. The molecule has 28 heavy (non-hydrogen) atoms. The SMILES string of the molecule is C=C(CC(N)(c1cc(Cl)cc(Cl)c1)C(F)(F)F)/C(C)=c1\nc(C)o\c1=C(\C)Br. The quantitative estimate of drug-likeness (QED) is 0.619. The van der Waals surface area contributed by atoms with Crippen molar-refractivity contribution in [2.24, 2.45) is 5.73 Å². The predicted molar refractivity (Wildman–Crippen MR) is 110 cm³/mol. The molecule has 3 nitrogen and oxygen atoms in total. The van der Waals surface area contributed by atoms with Gasteiger partial charge in [-0.2, -0.15) is 13.2 Å². The lowest BCUT2D eigenvalue weighted by atomic mass is 9.82. The lowest BCUT2D eigenvalue weighted by Gasteiger charge is -2.33. The minimum Gasteiger partial charge on any atom is -0.440 e. The lowest BCUT2D eigenvalue weighted by Crippen LogP contribution is -2.50. The maximum Gasteiger partial charge on any atom is 0.410 e. The number of alkyl halides is 3. The average Bonchev–Trinajstić information content (AvgIpc) is 2.94. The number of oxazole rings is 1. The minimum absolute atomic E-state index is 0.0619. The van der Waals surface area contributed by atoms with Crippen molar-refractivity contribution in [3.8, 4) is 0 Å². The molecule has 1 atom stereocenters. The van der Waals surface area contributed by atoms with Gasteiger partial charge in [0.15, 0.2) is 11.3 Å². The molecule has 0 amide bonds. The van der Waals surface area contributed by atoms with Crippen LogP contribution >= 0.6 is 39.1 Å². The van der Waals surface area contributed by atoms with Gasteiger partial charge >= 0.3 is 6.18 Å². The Bertz CT molecular complexity index is 1020. The molecule has 9 heteroatoms. The van der Waals surface area contributed by atoms with E-state index < -0.39 is 18.1 Å². The monoisotopic (exact) mass is 496 g/mol. The van der Waals surface area contributed by atoms with Gasteiger partial charge in [0.05, 0.1) is 0 Å². The minimum atomic E-state index is -4.77. The molecule has 0 aliphatic heterocycles. The van der Waals surface area contributed by atoms with Crippen LogP contribution in [-0.4, -0.2) is 11.2 Å². The van der Waals surface area contributed by atoms with E-state index in [4.69, 9.17) is 33.4 Å². The largest absolute Gasteiger partial charge is 0.440 e. The van der Waals surface area contributed by atoms with Gasteiger partial charge in [-0.15, -0.1) is 0 Å². The fourth-order valence-electron chi connectivity index (χ4n) is 2.73. The molecule has 0 spiro atoms. The summed E-state index contributed by atoms with van der Waals surface area (Å²) in [6, 6.07) is 3.66. The van der Waals surface area contributed by atoms with Crippen LogP contribution in [0.5, 0.6) is 0 Å². The lowest BCUT2D eigenvalue weighted by molar-refractivity contribution is -0.189. The highest BCUT2D eigenvalue weighted by atomic mass is 79.9.